The van der Waals surface area contributed by atoms with E-state index in [1.54, 1.807) is 24.1 Å². The minimum absolute atomic E-state index is 0.140. The number of nitrogens with one attached hydrogen (secondary N) is 2. The highest BCUT2D eigenvalue weighted by Crippen LogP contribution is 2.32. The molecular formula is C19H30N4O4. The quantitative estimate of drug-likeness (QED) is 0.695. The predicted molar refractivity (Wildman–Crippen MR) is 105 cm³/mol. The van der Waals surface area contributed by atoms with Crippen LogP contribution in [0.3, 0.4) is 0 Å². The third-order valence-electron chi connectivity index (χ3n) is 4.28. The van der Waals surface area contributed by atoms with Crippen LogP contribution in [0.15, 0.2) is 12.1 Å². The summed E-state index contributed by atoms with van der Waals surface area (Å²) < 4.78 is 10.6. The maximum Gasteiger partial charge on any atom is 0.407 e. The van der Waals surface area contributed by atoms with Gasteiger partial charge in [0.25, 0.3) is 5.91 Å². The second kappa shape index (κ2) is 8.37. The number of hydrogen-bond acceptors (Lipinski definition) is 6. The number of piperidine rings is 1. The molecule has 1 aromatic rings. The Kier molecular flexibility index (Phi) is 6.41. The number of hydrogen-bond donors (Lipinski definition) is 3. The average molecular weight is 378 g/mol. The first kappa shape index (κ1) is 20.7. The van der Waals surface area contributed by atoms with Gasteiger partial charge in [-0.1, -0.05) is 0 Å². The van der Waals surface area contributed by atoms with Gasteiger partial charge in [-0.05, 0) is 45.7 Å². The standard InChI is InChI=1S/C19H30N4O4/c1-19(2,3)27-18(25)22-13-7-6-8-23(11-13)17(24)12-9-14(20)16(21-4)15(10-12)26-5/h9-10,13,21H,6-8,11,20H2,1-5H3,(H,22,25)/t13-/m1/s1. The zero-order valence-electron chi connectivity index (χ0n) is 16.7. The van der Waals surface area contributed by atoms with E-state index in [2.05, 4.69) is 10.6 Å². The van der Waals surface area contributed by atoms with Gasteiger partial charge in [0, 0.05) is 31.7 Å². The highest BCUT2D eigenvalue weighted by molar-refractivity contribution is 5.97. The van der Waals surface area contributed by atoms with Crippen molar-refractivity contribution in [1.82, 2.24) is 10.2 Å². The summed E-state index contributed by atoms with van der Waals surface area (Å²) in [6.07, 6.45) is 1.13. The fourth-order valence-electron chi connectivity index (χ4n) is 3.13. The van der Waals surface area contributed by atoms with E-state index < -0.39 is 11.7 Å². The Bertz CT molecular complexity index is 700. The molecule has 0 unspecified atom stereocenters. The van der Waals surface area contributed by atoms with Crippen LogP contribution in [0, 0.1) is 0 Å². The van der Waals surface area contributed by atoms with Crippen molar-refractivity contribution in [3.63, 3.8) is 0 Å². The van der Waals surface area contributed by atoms with Gasteiger partial charge in [0.1, 0.15) is 11.4 Å². The summed E-state index contributed by atoms with van der Waals surface area (Å²) in [5.41, 5.74) is 7.04. The lowest BCUT2D eigenvalue weighted by molar-refractivity contribution is 0.0452. The molecule has 1 heterocycles. The first-order chi connectivity index (χ1) is 12.6. The Morgan fingerprint density at radius 1 is 1.30 bits per heavy atom. The number of carbonyl (C=O) groups excluding carboxylic acids is 2. The van der Waals surface area contributed by atoms with E-state index >= 15 is 0 Å². The Balaban J connectivity index is 2.08. The van der Waals surface area contributed by atoms with Crippen molar-refractivity contribution in [1.29, 1.82) is 0 Å². The molecule has 0 aromatic heterocycles. The number of nitrogens with zero attached hydrogens (tertiary/aromatic N) is 1. The number of alkyl carbamates (subject to hydrolysis) is 1. The number of benzene rings is 1. The van der Waals surface area contributed by atoms with Crippen LogP contribution in [0.25, 0.3) is 0 Å². The van der Waals surface area contributed by atoms with Crippen molar-refractivity contribution in [2.24, 2.45) is 0 Å². The number of nitrogens with two attached hydrogens (primary N) is 1. The summed E-state index contributed by atoms with van der Waals surface area (Å²) in [6, 6.07) is 3.17. The molecule has 27 heavy (non-hydrogen) atoms. The summed E-state index contributed by atoms with van der Waals surface area (Å²) in [5.74, 6) is 0.375. The minimum Gasteiger partial charge on any atom is -0.494 e. The molecule has 1 aliphatic heterocycles. The molecule has 8 nitrogen and oxygen atoms in total. The lowest BCUT2D eigenvalue weighted by Gasteiger charge is -2.33. The third kappa shape index (κ3) is 5.42. The average Bonchev–Trinajstić information content (AvgIpc) is 2.58. The molecule has 0 bridgehead atoms. The molecule has 1 aromatic carbocycles. The highest BCUT2D eigenvalue weighted by atomic mass is 16.6. The fourth-order valence-corrected chi connectivity index (χ4v) is 3.13. The van der Waals surface area contributed by atoms with Crippen molar-refractivity contribution in [2.75, 3.05) is 38.3 Å². The number of nitrogen functional groups attached to an aromatic ring is 1. The number of rotatable bonds is 4. The molecule has 0 radical (unpaired) electrons. The second-order valence-corrected chi connectivity index (χ2v) is 7.63. The maximum atomic E-state index is 12.9. The largest absolute Gasteiger partial charge is 0.494 e. The Morgan fingerprint density at radius 3 is 2.59 bits per heavy atom. The number of ether oxygens (including phenoxy) is 2. The lowest BCUT2D eigenvalue weighted by atomic mass is 10.0. The Morgan fingerprint density at radius 2 is 2.00 bits per heavy atom. The van der Waals surface area contributed by atoms with Crippen molar-refractivity contribution in [3.8, 4) is 5.75 Å². The summed E-state index contributed by atoms with van der Waals surface area (Å²) >= 11 is 0. The third-order valence-corrected chi connectivity index (χ3v) is 4.28. The lowest BCUT2D eigenvalue weighted by Crippen LogP contribution is -2.50. The van der Waals surface area contributed by atoms with Gasteiger partial charge in [-0.3, -0.25) is 4.79 Å². The second-order valence-electron chi connectivity index (χ2n) is 7.63. The van der Waals surface area contributed by atoms with E-state index in [0.29, 0.717) is 35.8 Å². The van der Waals surface area contributed by atoms with E-state index in [1.807, 2.05) is 20.8 Å². The van der Waals surface area contributed by atoms with Crippen molar-refractivity contribution < 1.29 is 19.1 Å². The molecule has 0 spiro atoms. The van der Waals surface area contributed by atoms with Crippen molar-refractivity contribution in [3.05, 3.63) is 17.7 Å². The van der Waals surface area contributed by atoms with E-state index in [1.165, 1.54) is 7.11 Å². The van der Waals surface area contributed by atoms with Crippen LogP contribution in [0.1, 0.15) is 44.0 Å². The van der Waals surface area contributed by atoms with Crippen LogP contribution in [-0.2, 0) is 4.74 Å². The van der Waals surface area contributed by atoms with Gasteiger partial charge < -0.3 is 30.7 Å². The van der Waals surface area contributed by atoms with Crippen LogP contribution in [0.5, 0.6) is 5.75 Å². The molecular weight excluding hydrogens is 348 g/mol. The Labute approximate surface area is 160 Å². The number of methoxy groups -OCH3 is 1. The highest BCUT2D eigenvalue weighted by Gasteiger charge is 2.28. The maximum absolute atomic E-state index is 12.9. The van der Waals surface area contributed by atoms with Crippen molar-refractivity contribution in [2.45, 2.75) is 45.3 Å². The van der Waals surface area contributed by atoms with Crippen molar-refractivity contribution >= 4 is 23.4 Å². The first-order valence-electron chi connectivity index (χ1n) is 9.08. The molecule has 4 N–H and O–H groups in total. The zero-order valence-corrected chi connectivity index (χ0v) is 16.7. The van der Waals surface area contributed by atoms with Crippen LogP contribution < -0.4 is 21.1 Å². The number of likely N-dealkylation sites (tertiary alicyclic amines) is 1. The van der Waals surface area contributed by atoms with Crippen LogP contribution in [0.4, 0.5) is 16.2 Å². The molecule has 1 aliphatic rings. The number of anilines is 2. The zero-order chi connectivity index (χ0) is 20.2. The summed E-state index contributed by atoms with van der Waals surface area (Å²) in [7, 11) is 3.28. The van der Waals surface area contributed by atoms with Crippen LogP contribution in [-0.4, -0.2) is 55.8 Å². The van der Waals surface area contributed by atoms with E-state index in [4.69, 9.17) is 15.2 Å². The van der Waals surface area contributed by atoms with Gasteiger partial charge >= 0.3 is 6.09 Å². The van der Waals surface area contributed by atoms with Gasteiger partial charge in [-0.2, -0.15) is 0 Å². The summed E-state index contributed by atoms with van der Waals surface area (Å²) in [5, 5.41) is 5.82. The topological polar surface area (TPSA) is 106 Å². The van der Waals surface area contributed by atoms with Crippen LogP contribution >= 0.6 is 0 Å². The van der Waals surface area contributed by atoms with Gasteiger partial charge in [0.15, 0.2) is 0 Å². The molecule has 2 amide bonds. The van der Waals surface area contributed by atoms with E-state index in [-0.39, 0.29) is 11.9 Å². The van der Waals surface area contributed by atoms with Gasteiger partial charge in [0.2, 0.25) is 0 Å². The monoisotopic (exact) mass is 378 g/mol. The van der Waals surface area contributed by atoms with Gasteiger partial charge in [-0.25, -0.2) is 4.79 Å². The van der Waals surface area contributed by atoms with E-state index in [9.17, 15) is 9.59 Å². The minimum atomic E-state index is -0.558. The molecule has 1 fully saturated rings. The normalized spacial score (nSPS) is 17.2. The molecule has 0 aliphatic carbocycles. The molecule has 150 valence electrons. The SMILES string of the molecule is CNc1c(N)cc(C(=O)N2CCC[C@@H](NC(=O)OC(C)(C)C)C2)cc1OC. The molecule has 2 rings (SSSR count). The van der Waals surface area contributed by atoms with Gasteiger partial charge in [0.05, 0.1) is 18.5 Å². The Hall–Kier alpha value is -2.64. The predicted octanol–water partition coefficient (Wildman–Crippen LogP) is 2.45. The summed E-state index contributed by atoms with van der Waals surface area (Å²) in [4.78, 5) is 26.6. The number of amides is 2. The summed E-state index contributed by atoms with van der Waals surface area (Å²) in [6.45, 7) is 6.50. The fraction of sp³-hybridized carbons (Fsp3) is 0.579. The first-order valence-corrected chi connectivity index (χ1v) is 9.08. The van der Waals surface area contributed by atoms with Crippen LogP contribution in [0.2, 0.25) is 0 Å². The molecule has 8 heteroatoms. The molecule has 0 saturated carbocycles. The molecule has 1 atom stereocenters. The van der Waals surface area contributed by atoms with E-state index in [0.717, 1.165) is 12.8 Å². The van der Waals surface area contributed by atoms with Gasteiger partial charge in [-0.15, -0.1) is 0 Å². The number of carbonyl (C=O) groups is 2. The smallest absolute Gasteiger partial charge is 0.407 e. The molecule has 1 saturated heterocycles.